The summed E-state index contributed by atoms with van der Waals surface area (Å²) >= 11 is 3.40. The summed E-state index contributed by atoms with van der Waals surface area (Å²) in [6.45, 7) is 7.14. The average Bonchev–Trinajstić information content (AvgIpc) is 2.14. The van der Waals surface area contributed by atoms with Crippen LogP contribution in [0.25, 0.3) is 0 Å². The van der Waals surface area contributed by atoms with Crippen LogP contribution in [0, 0.1) is 0 Å². The lowest BCUT2D eigenvalue weighted by atomic mass is 10.1. The number of methoxy groups -OCH3 is 1. The summed E-state index contributed by atoms with van der Waals surface area (Å²) in [6.07, 6.45) is 1.74. The second-order valence-corrected chi connectivity index (χ2v) is 5.34. The molecule has 15 heavy (non-hydrogen) atoms. The van der Waals surface area contributed by atoms with Crippen LogP contribution in [0.15, 0.2) is 16.7 Å². The molecular weight excluding hydrogens is 256 g/mol. The number of nitrogens with one attached hydrogen (secondary N) is 1. The molecule has 4 heteroatoms. The summed E-state index contributed by atoms with van der Waals surface area (Å²) in [6, 6.07) is 2.02. The van der Waals surface area contributed by atoms with Crippen molar-refractivity contribution in [3.63, 3.8) is 0 Å². The zero-order chi connectivity index (χ0) is 11.5. The number of hydrogen-bond donors (Lipinski definition) is 1. The smallest absolute Gasteiger partial charge is 0.217 e. The first-order valence-corrected chi connectivity index (χ1v) is 5.65. The summed E-state index contributed by atoms with van der Waals surface area (Å²) in [5, 5.41) is 3.40. The second kappa shape index (κ2) is 4.94. The van der Waals surface area contributed by atoms with Gasteiger partial charge in [0.15, 0.2) is 0 Å². The molecule has 0 amide bonds. The van der Waals surface area contributed by atoms with Crippen LogP contribution in [0.4, 0.5) is 0 Å². The van der Waals surface area contributed by atoms with Crippen molar-refractivity contribution >= 4 is 15.9 Å². The molecule has 0 saturated heterocycles. The minimum Gasteiger partial charge on any atom is -0.481 e. The second-order valence-electron chi connectivity index (χ2n) is 4.43. The van der Waals surface area contributed by atoms with Gasteiger partial charge in [0, 0.05) is 28.3 Å². The van der Waals surface area contributed by atoms with E-state index in [1.807, 2.05) is 6.07 Å². The number of hydrogen-bond acceptors (Lipinski definition) is 3. The molecule has 0 bridgehead atoms. The van der Waals surface area contributed by atoms with E-state index in [0.717, 1.165) is 16.6 Å². The molecule has 84 valence electrons. The van der Waals surface area contributed by atoms with Crippen molar-refractivity contribution in [2.24, 2.45) is 0 Å². The number of halogens is 1. The maximum atomic E-state index is 5.19. The molecule has 0 aromatic carbocycles. The van der Waals surface area contributed by atoms with Gasteiger partial charge < -0.3 is 10.1 Å². The lowest BCUT2D eigenvalue weighted by molar-refractivity contribution is 0.379. The van der Waals surface area contributed by atoms with Gasteiger partial charge in [0.2, 0.25) is 5.88 Å². The normalized spacial score (nSPS) is 11.5. The molecule has 1 aromatic rings. The zero-order valence-corrected chi connectivity index (χ0v) is 11.2. The van der Waals surface area contributed by atoms with Crippen molar-refractivity contribution in [2.75, 3.05) is 7.11 Å². The van der Waals surface area contributed by atoms with Crippen molar-refractivity contribution in [3.05, 3.63) is 22.3 Å². The van der Waals surface area contributed by atoms with Crippen LogP contribution in [-0.4, -0.2) is 17.6 Å². The first-order valence-electron chi connectivity index (χ1n) is 4.86. The van der Waals surface area contributed by atoms with Crippen LogP contribution >= 0.6 is 15.9 Å². The molecule has 1 N–H and O–H groups in total. The van der Waals surface area contributed by atoms with Crippen LogP contribution in [0.2, 0.25) is 0 Å². The van der Waals surface area contributed by atoms with E-state index in [-0.39, 0.29) is 5.54 Å². The fraction of sp³-hybridized carbons (Fsp3) is 0.545. The summed E-state index contributed by atoms with van der Waals surface area (Å²) in [5.74, 6) is 0.676. The molecule has 0 atom stereocenters. The molecule has 0 saturated carbocycles. The van der Waals surface area contributed by atoms with Crippen LogP contribution < -0.4 is 10.1 Å². The number of rotatable bonds is 3. The Morgan fingerprint density at radius 1 is 1.47 bits per heavy atom. The number of aromatic nitrogens is 1. The van der Waals surface area contributed by atoms with E-state index < -0.39 is 0 Å². The van der Waals surface area contributed by atoms with Crippen molar-refractivity contribution in [1.82, 2.24) is 10.3 Å². The van der Waals surface area contributed by atoms with Crippen molar-refractivity contribution in [2.45, 2.75) is 32.9 Å². The number of ether oxygens (including phenoxy) is 1. The van der Waals surface area contributed by atoms with Gasteiger partial charge in [-0.05, 0) is 42.8 Å². The Balaban J connectivity index is 2.79. The quantitative estimate of drug-likeness (QED) is 0.919. The minimum atomic E-state index is 0.0906. The monoisotopic (exact) mass is 272 g/mol. The third-order valence-electron chi connectivity index (χ3n) is 1.89. The standard InChI is InChI=1S/C11H17BrN2O/c1-11(2,3)14-6-8-5-9(12)7-13-10(8)15-4/h5,7,14H,6H2,1-4H3. The Morgan fingerprint density at radius 3 is 2.67 bits per heavy atom. The van der Waals surface area contributed by atoms with Crippen molar-refractivity contribution < 1.29 is 4.74 Å². The third kappa shape index (κ3) is 4.18. The third-order valence-corrected chi connectivity index (χ3v) is 2.33. The molecule has 0 fully saturated rings. The largest absolute Gasteiger partial charge is 0.481 e. The Hall–Kier alpha value is -0.610. The SMILES string of the molecule is COc1ncc(Br)cc1CNC(C)(C)C. The van der Waals surface area contributed by atoms with Gasteiger partial charge in [-0.15, -0.1) is 0 Å². The maximum Gasteiger partial charge on any atom is 0.217 e. The Kier molecular flexibility index (Phi) is 4.11. The fourth-order valence-corrected chi connectivity index (χ4v) is 1.52. The van der Waals surface area contributed by atoms with Crippen LogP contribution in [0.1, 0.15) is 26.3 Å². The van der Waals surface area contributed by atoms with Gasteiger partial charge in [0.1, 0.15) is 0 Å². The highest BCUT2D eigenvalue weighted by Gasteiger charge is 2.11. The van der Waals surface area contributed by atoms with Crippen LogP contribution in [0.5, 0.6) is 5.88 Å². The van der Waals surface area contributed by atoms with E-state index in [1.54, 1.807) is 13.3 Å². The minimum absolute atomic E-state index is 0.0906. The number of nitrogens with zero attached hydrogens (tertiary/aromatic N) is 1. The summed E-state index contributed by atoms with van der Waals surface area (Å²) in [7, 11) is 1.64. The van der Waals surface area contributed by atoms with Gasteiger partial charge in [-0.3, -0.25) is 0 Å². The molecule has 3 nitrogen and oxygen atoms in total. The predicted molar refractivity (Wildman–Crippen MR) is 65.1 cm³/mol. The highest BCUT2D eigenvalue weighted by Crippen LogP contribution is 2.20. The lowest BCUT2D eigenvalue weighted by Gasteiger charge is -2.21. The summed E-state index contributed by atoms with van der Waals surface area (Å²) in [4.78, 5) is 4.19. The Morgan fingerprint density at radius 2 is 2.13 bits per heavy atom. The van der Waals surface area contributed by atoms with Crippen molar-refractivity contribution in [1.29, 1.82) is 0 Å². The first-order chi connectivity index (χ1) is 6.92. The predicted octanol–water partition coefficient (Wildman–Crippen LogP) is 2.74. The molecule has 0 radical (unpaired) electrons. The highest BCUT2D eigenvalue weighted by atomic mass is 79.9. The molecular formula is C11H17BrN2O. The Labute approximate surface area is 99.4 Å². The molecule has 0 aliphatic carbocycles. The molecule has 0 aliphatic heterocycles. The molecule has 0 unspecified atom stereocenters. The van der Waals surface area contributed by atoms with E-state index in [2.05, 4.69) is 47.0 Å². The summed E-state index contributed by atoms with van der Waals surface area (Å²) in [5.41, 5.74) is 1.15. The highest BCUT2D eigenvalue weighted by molar-refractivity contribution is 9.10. The zero-order valence-electron chi connectivity index (χ0n) is 9.60. The van der Waals surface area contributed by atoms with Gasteiger partial charge in [0.05, 0.1) is 7.11 Å². The Bertz CT molecular complexity index is 334. The summed E-state index contributed by atoms with van der Waals surface area (Å²) < 4.78 is 6.16. The first kappa shape index (κ1) is 12.5. The molecule has 1 heterocycles. The molecule has 0 aliphatic rings. The maximum absolute atomic E-state index is 5.19. The van der Waals surface area contributed by atoms with Gasteiger partial charge >= 0.3 is 0 Å². The topological polar surface area (TPSA) is 34.1 Å². The van der Waals surface area contributed by atoms with E-state index in [0.29, 0.717) is 5.88 Å². The fourth-order valence-electron chi connectivity index (χ4n) is 1.14. The van der Waals surface area contributed by atoms with Crippen molar-refractivity contribution in [3.8, 4) is 5.88 Å². The van der Waals surface area contributed by atoms with E-state index in [1.165, 1.54) is 0 Å². The lowest BCUT2D eigenvalue weighted by Crippen LogP contribution is -2.35. The van der Waals surface area contributed by atoms with E-state index in [9.17, 15) is 0 Å². The van der Waals surface area contributed by atoms with Crippen LogP contribution in [0.3, 0.4) is 0 Å². The van der Waals surface area contributed by atoms with Gasteiger partial charge in [-0.25, -0.2) is 4.98 Å². The average molecular weight is 273 g/mol. The molecule has 1 rings (SSSR count). The van der Waals surface area contributed by atoms with Gasteiger partial charge in [-0.1, -0.05) is 0 Å². The van der Waals surface area contributed by atoms with Gasteiger partial charge in [-0.2, -0.15) is 0 Å². The van der Waals surface area contributed by atoms with E-state index in [4.69, 9.17) is 4.74 Å². The van der Waals surface area contributed by atoms with Crippen LogP contribution in [-0.2, 0) is 6.54 Å². The van der Waals surface area contributed by atoms with Gasteiger partial charge in [0.25, 0.3) is 0 Å². The molecule has 1 aromatic heterocycles. The van der Waals surface area contributed by atoms with E-state index >= 15 is 0 Å². The number of pyridine rings is 1. The molecule has 0 spiro atoms.